The predicted molar refractivity (Wildman–Crippen MR) is 89.8 cm³/mol. The average molecular weight is 374 g/mol. The van der Waals surface area contributed by atoms with E-state index in [9.17, 15) is 0 Å². The summed E-state index contributed by atoms with van der Waals surface area (Å²) >= 11 is 15.5. The third-order valence-electron chi connectivity index (χ3n) is 3.30. The fourth-order valence-corrected chi connectivity index (χ4v) is 2.84. The molecule has 0 spiro atoms. The smallest absolute Gasteiger partial charge is 0.133 e. The molecule has 2 aromatic rings. The van der Waals surface area contributed by atoms with Crippen molar-refractivity contribution < 1.29 is 0 Å². The van der Waals surface area contributed by atoms with Crippen molar-refractivity contribution in [2.45, 2.75) is 18.8 Å². The van der Waals surface area contributed by atoms with Crippen molar-refractivity contribution >= 4 is 44.9 Å². The molecule has 2 rings (SSSR count). The quantitative estimate of drug-likeness (QED) is 0.664. The van der Waals surface area contributed by atoms with Crippen LogP contribution in [0.2, 0.25) is 5.02 Å². The first-order chi connectivity index (χ1) is 9.52. The molecule has 0 radical (unpaired) electrons. The number of benzene rings is 1. The number of nitrogens with zero attached hydrogens (tertiary/aromatic N) is 2. The summed E-state index contributed by atoms with van der Waals surface area (Å²) in [6, 6.07) is 10.0. The number of pyridine rings is 1. The highest BCUT2D eigenvalue weighted by molar-refractivity contribution is 9.10. The predicted octanol–water partition coefficient (Wildman–Crippen LogP) is 5.43. The van der Waals surface area contributed by atoms with Gasteiger partial charge < -0.3 is 4.90 Å². The van der Waals surface area contributed by atoms with Gasteiger partial charge >= 0.3 is 0 Å². The van der Waals surface area contributed by atoms with Crippen molar-refractivity contribution in [1.29, 1.82) is 0 Å². The van der Waals surface area contributed by atoms with Gasteiger partial charge in [0.2, 0.25) is 0 Å². The van der Waals surface area contributed by atoms with Crippen molar-refractivity contribution in [2.24, 2.45) is 0 Å². The van der Waals surface area contributed by atoms with Gasteiger partial charge in [-0.1, -0.05) is 23.7 Å². The third kappa shape index (κ3) is 3.46. The molecule has 20 heavy (non-hydrogen) atoms. The molecular weight excluding hydrogens is 359 g/mol. The third-order valence-corrected chi connectivity index (χ3v) is 4.26. The zero-order valence-corrected chi connectivity index (χ0v) is 14.4. The Morgan fingerprint density at radius 3 is 2.75 bits per heavy atom. The molecule has 1 atom stereocenters. The molecule has 0 saturated carbocycles. The number of aromatic nitrogens is 1. The van der Waals surface area contributed by atoms with Crippen LogP contribution in [0.4, 0.5) is 5.82 Å². The molecule has 0 aliphatic carbocycles. The molecule has 1 aromatic carbocycles. The molecule has 1 heterocycles. The fraction of sp³-hybridized carbons (Fsp3) is 0.267. The Labute approximate surface area is 137 Å². The summed E-state index contributed by atoms with van der Waals surface area (Å²) in [7, 11) is 2.01. The van der Waals surface area contributed by atoms with E-state index in [4.69, 9.17) is 23.2 Å². The van der Waals surface area contributed by atoms with Crippen LogP contribution in [0.1, 0.15) is 24.1 Å². The molecule has 0 saturated heterocycles. The van der Waals surface area contributed by atoms with Crippen LogP contribution in [0.3, 0.4) is 0 Å². The summed E-state index contributed by atoms with van der Waals surface area (Å²) in [6.07, 6.45) is 1.78. The van der Waals surface area contributed by atoms with Gasteiger partial charge in [-0.3, -0.25) is 0 Å². The first kappa shape index (κ1) is 15.6. The Morgan fingerprint density at radius 1 is 1.35 bits per heavy atom. The Balaban J connectivity index is 2.33. The molecule has 1 unspecified atom stereocenters. The topological polar surface area (TPSA) is 16.1 Å². The maximum absolute atomic E-state index is 6.06. The standard InChI is InChI=1S/C15H15BrCl2N2/c1-10(11-4-3-5-14(18)7-11)20(2)15-12(8-17)6-13(16)9-19-15/h3-7,9-10H,8H2,1-2H3. The molecule has 2 nitrogen and oxygen atoms in total. The lowest BCUT2D eigenvalue weighted by Crippen LogP contribution is -2.23. The molecule has 0 aliphatic rings. The second-order valence-electron chi connectivity index (χ2n) is 4.61. The van der Waals surface area contributed by atoms with Crippen LogP contribution in [-0.4, -0.2) is 12.0 Å². The van der Waals surface area contributed by atoms with Gasteiger partial charge in [0.15, 0.2) is 0 Å². The molecule has 0 amide bonds. The largest absolute Gasteiger partial charge is 0.353 e. The Hall–Kier alpha value is -0.770. The number of anilines is 1. The molecule has 5 heteroatoms. The van der Waals surface area contributed by atoms with Gasteiger partial charge in [-0.25, -0.2) is 4.98 Å². The van der Waals surface area contributed by atoms with E-state index in [1.54, 1.807) is 6.20 Å². The van der Waals surface area contributed by atoms with Crippen LogP contribution in [0.5, 0.6) is 0 Å². The van der Waals surface area contributed by atoms with Gasteiger partial charge in [-0.05, 0) is 46.6 Å². The van der Waals surface area contributed by atoms with Gasteiger partial charge in [0.05, 0.1) is 11.9 Å². The van der Waals surface area contributed by atoms with Crippen molar-refractivity contribution in [3.8, 4) is 0 Å². The fourth-order valence-electron chi connectivity index (χ4n) is 2.06. The summed E-state index contributed by atoms with van der Waals surface area (Å²) < 4.78 is 0.931. The minimum absolute atomic E-state index is 0.157. The van der Waals surface area contributed by atoms with Crippen molar-refractivity contribution in [3.05, 3.63) is 57.2 Å². The Morgan fingerprint density at radius 2 is 2.10 bits per heavy atom. The van der Waals surface area contributed by atoms with Gasteiger partial charge in [-0.15, -0.1) is 11.6 Å². The van der Waals surface area contributed by atoms with E-state index < -0.39 is 0 Å². The van der Waals surface area contributed by atoms with Crippen LogP contribution in [0.15, 0.2) is 41.0 Å². The lowest BCUT2D eigenvalue weighted by atomic mass is 10.1. The van der Waals surface area contributed by atoms with Gasteiger partial charge in [0.25, 0.3) is 0 Å². The normalized spacial score (nSPS) is 12.2. The number of rotatable bonds is 4. The molecular formula is C15H15BrCl2N2. The van der Waals surface area contributed by atoms with E-state index in [2.05, 4.69) is 38.8 Å². The second kappa shape index (κ2) is 6.79. The first-order valence-corrected chi connectivity index (χ1v) is 7.92. The molecule has 0 fully saturated rings. The highest BCUT2D eigenvalue weighted by Gasteiger charge is 2.16. The molecule has 0 aliphatic heterocycles. The monoisotopic (exact) mass is 372 g/mol. The number of alkyl halides is 1. The average Bonchev–Trinajstić information content (AvgIpc) is 2.45. The van der Waals surface area contributed by atoms with E-state index in [0.29, 0.717) is 5.88 Å². The Bertz CT molecular complexity index is 604. The van der Waals surface area contributed by atoms with Crippen molar-refractivity contribution in [3.63, 3.8) is 0 Å². The molecule has 0 bridgehead atoms. The van der Waals surface area contributed by atoms with Crippen molar-refractivity contribution in [1.82, 2.24) is 4.98 Å². The summed E-state index contributed by atoms with van der Waals surface area (Å²) in [5, 5.41) is 0.740. The van der Waals surface area contributed by atoms with Gasteiger partial charge in [0.1, 0.15) is 5.82 Å². The molecule has 1 aromatic heterocycles. The lowest BCUT2D eigenvalue weighted by Gasteiger charge is -2.28. The maximum atomic E-state index is 6.06. The zero-order chi connectivity index (χ0) is 14.7. The van der Waals surface area contributed by atoms with Crippen LogP contribution in [0, 0.1) is 0 Å². The van der Waals surface area contributed by atoms with E-state index in [-0.39, 0.29) is 6.04 Å². The summed E-state index contributed by atoms with van der Waals surface area (Å²) in [5.41, 5.74) is 2.14. The van der Waals surface area contributed by atoms with E-state index in [1.807, 2.05) is 31.3 Å². The van der Waals surface area contributed by atoms with E-state index in [0.717, 1.165) is 26.4 Å². The minimum atomic E-state index is 0.157. The highest BCUT2D eigenvalue weighted by Crippen LogP contribution is 2.29. The Kier molecular flexibility index (Phi) is 5.30. The van der Waals surface area contributed by atoms with Crippen LogP contribution in [-0.2, 0) is 5.88 Å². The number of halogens is 3. The van der Waals surface area contributed by atoms with Gasteiger partial charge in [0, 0.05) is 28.3 Å². The summed E-state index contributed by atoms with van der Waals surface area (Å²) in [4.78, 5) is 6.59. The van der Waals surface area contributed by atoms with E-state index >= 15 is 0 Å². The van der Waals surface area contributed by atoms with Crippen molar-refractivity contribution in [2.75, 3.05) is 11.9 Å². The maximum Gasteiger partial charge on any atom is 0.133 e. The molecule has 0 N–H and O–H groups in total. The lowest BCUT2D eigenvalue weighted by molar-refractivity contribution is 0.725. The number of hydrogen-bond donors (Lipinski definition) is 0. The summed E-state index contributed by atoms with van der Waals surface area (Å²) in [6.45, 7) is 2.12. The number of hydrogen-bond acceptors (Lipinski definition) is 2. The van der Waals surface area contributed by atoms with Crippen LogP contribution in [0.25, 0.3) is 0 Å². The zero-order valence-electron chi connectivity index (χ0n) is 11.3. The highest BCUT2D eigenvalue weighted by atomic mass is 79.9. The van der Waals surface area contributed by atoms with Crippen LogP contribution >= 0.6 is 39.1 Å². The minimum Gasteiger partial charge on any atom is -0.353 e. The second-order valence-corrected chi connectivity index (χ2v) is 6.23. The first-order valence-electron chi connectivity index (χ1n) is 6.21. The summed E-state index contributed by atoms with van der Waals surface area (Å²) in [5.74, 6) is 1.31. The SMILES string of the molecule is CC(c1cccc(Cl)c1)N(C)c1ncc(Br)cc1CCl. The van der Waals surface area contributed by atoms with E-state index in [1.165, 1.54) is 0 Å². The van der Waals surface area contributed by atoms with Gasteiger partial charge in [-0.2, -0.15) is 0 Å². The molecule has 106 valence electrons. The van der Waals surface area contributed by atoms with Crippen LogP contribution < -0.4 is 4.90 Å².